The summed E-state index contributed by atoms with van der Waals surface area (Å²) in [6.45, 7) is 1.66. The highest BCUT2D eigenvalue weighted by molar-refractivity contribution is 9.10. The zero-order chi connectivity index (χ0) is 60.8. The summed E-state index contributed by atoms with van der Waals surface area (Å²) in [5, 5.41) is 56.8. The van der Waals surface area contributed by atoms with Gasteiger partial charge in [-0.05, 0) is 69.8 Å². The highest BCUT2D eigenvalue weighted by Gasteiger charge is 2.82. The van der Waals surface area contributed by atoms with Crippen LogP contribution in [0.15, 0.2) is 205 Å². The molecule has 14 nitrogen and oxygen atoms in total. The van der Waals surface area contributed by atoms with E-state index in [1.807, 2.05) is 103 Å². The standard InChI is InChI=1S/2C24H17ClN2O3.C23H17BrClNO3.CH4/c2*25-17-10-19-21(27-12-17)23(28)22-18(13-29-22)20(15-4-2-1-3-5-15)24(23,30-19)16-8-6-14(11-26)7-9-16;24-15-8-6-14(7-9-15)23-19(13-4-2-1-3-5-13)17-12-28-21(17)22(23,27)20-18(29-23)10-16(25)11-26-20;/h2*1-10,12,18,20,22,28H,13H2;1-11,17,19,21,27H,12H2;1H4/t2*18-,20-,22-,23+,24+;17-,19-,21-,22+,23+;/m111./s1. The van der Waals surface area contributed by atoms with Crippen molar-refractivity contribution in [2.75, 3.05) is 19.8 Å². The lowest BCUT2D eigenvalue weighted by Gasteiger charge is -2.40. The molecule has 18 heteroatoms. The molecule has 6 aromatic carbocycles. The number of hydrogen-bond acceptors (Lipinski definition) is 14. The van der Waals surface area contributed by atoms with Gasteiger partial charge >= 0.3 is 0 Å². The molecule has 6 aliphatic heterocycles. The highest BCUT2D eigenvalue weighted by atomic mass is 79.9. The number of fused-ring (bicyclic) bond motifs is 15. The maximum Gasteiger partial charge on any atom is 0.181 e. The van der Waals surface area contributed by atoms with Crippen LogP contribution in [0.1, 0.15) is 86.8 Å². The van der Waals surface area contributed by atoms with Crippen LogP contribution in [0.3, 0.4) is 0 Å². The minimum Gasteiger partial charge on any atom is -0.476 e. The number of rotatable bonds is 6. The third kappa shape index (κ3) is 7.80. The molecular weight excluding hydrogens is 1270 g/mol. The number of hydrogen-bond donors (Lipinski definition) is 3. The van der Waals surface area contributed by atoms with Crippen molar-refractivity contribution in [2.24, 2.45) is 17.8 Å². The molecule has 0 bridgehead atoms. The molecule has 18 rings (SSSR count). The first-order valence-corrected chi connectivity index (χ1v) is 31.2. The van der Waals surface area contributed by atoms with Gasteiger partial charge in [0.05, 0.1) is 58.2 Å². The van der Waals surface area contributed by atoms with Crippen LogP contribution in [-0.2, 0) is 47.8 Å². The zero-order valence-electron chi connectivity index (χ0n) is 46.9. The number of aliphatic hydroxyl groups is 3. The summed E-state index contributed by atoms with van der Waals surface area (Å²) in [7, 11) is 0. The number of nitrogens with zero attached hydrogens (tertiary/aromatic N) is 5. The van der Waals surface area contributed by atoms with Crippen LogP contribution < -0.4 is 14.2 Å². The van der Waals surface area contributed by atoms with E-state index in [0.29, 0.717) is 80.3 Å². The van der Waals surface area contributed by atoms with Gasteiger partial charge < -0.3 is 43.7 Å². The summed E-state index contributed by atoms with van der Waals surface area (Å²) in [5.74, 6) is 1.27. The smallest absolute Gasteiger partial charge is 0.181 e. The molecule has 9 aliphatic rings. The Hall–Kier alpha value is -7.74. The van der Waals surface area contributed by atoms with Gasteiger partial charge in [-0.3, -0.25) is 15.0 Å². The average Bonchev–Trinajstić information content (AvgIpc) is 1.51. The van der Waals surface area contributed by atoms with Gasteiger partial charge in [-0.1, -0.05) is 186 Å². The van der Waals surface area contributed by atoms with Gasteiger partial charge in [-0.25, -0.2) is 0 Å². The first-order valence-electron chi connectivity index (χ1n) is 29.2. The van der Waals surface area contributed by atoms with Crippen LogP contribution in [0.2, 0.25) is 15.1 Å². The van der Waals surface area contributed by atoms with Crippen LogP contribution in [0, 0.1) is 40.4 Å². The molecule has 3 aromatic heterocycles. The Morgan fingerprint density at radius 3 is 0.956 bits per heavy atom. The first-order chi connectivity index (χ1) is 43.2. The van der Waals surface area contributed by atoms with Crippen LogP contribution in [0.25, 0.3) is 0 Å². The van der Waals surface area contributed by atoms with Gasteiger partial charge in [0.25, 0.3) is 0 Å². The molecule has 450 valence electrons. The van der Waals surface area contributed by atoms with Crippen LogP contribution in [-0.4, -0.2) is 68.4 Å². The second-order valence-corrected chi connectivity index (χ2v) is 26.3. The summed E-state index contributed by atoms with van der Waals surface area (Å²) in [6.07, 6.45) is 3.32. The van der Waals surface area contributed by atoms with E-state index < -0.39 is 51.9 Å². The van der Waals surface area contributed by atoms with E-state index in [1.165, 1.54) is 12.4 Å². The van der Waals surface area contributed by atoms with Gasteiger partial charge in [-0.15, -0.1) is 0 Å². The number of nitriles is 2. The molecule has 0 radical (unpaired) electrons. The molecular formula is C72H55BrCl3N5O9. The molecule has 0 unspecified atom stereocenters. The van der Waals surface area contributed by atoms with E-state index in [9.17, 15) is 25.8 Å². The molecule has 6 fully saturated rings. The molecule has 15 atom stereocenters. The lowest BCUT2D eigenvalue weighted by Crippen LogP contribution is -2.54. The van der Waals surface area contributed by atoms with Crippen LogP contribution >= 0.6 is 50.7 Å². The second kappa shape index (κ2) is 21.4. The molecule has 3 N–H and O–H groups in total. The Kier molecular flexibility index (Phi) is 14.0. The topological polar surface area (TPSA) is 202 Å². The normalized spacial score (nSPS) is 32.9. The zero-order valence-corrected chi connectivity index (χ0v) is 50.8. The fourth-order valence-electron chi connectivity index (χ4n) is 16.6. The molecule has 3 aliphatic carbocycles. The van der Waals surface area contributed by atoms with E-state index in [1.54, 1.807) is 48.7 Å². The third-order valence-corrected chi connectivity index (χ3v) is 21.2. The largest absolute Gasteiger partial charge is 0.476 e. The van der Waals surface area contributed by atoms with Crippen LogP contribution in [0.5, 0.6) is 17.2 Å². The summed E-state index contributed by atoms with van der Waals surface area (Å²) in [6, 6.07) is 62.2. The van der Waals surface area contributed by atoms with Gasteiger partial charge in [-0.2, -0.15) is 10.5 Å². The number of ether oxygens (including phenoxy) is 6. The van der Waals surface area contributed by atoms with Crippen LogP contribution in [0.4, 0.5) is 0 Å². The van der Waals surface area contributed by atoms with Crippen molar-refractivity contribution in [1.82, 2.24) is 15.0 Å². The van der Waals surface area contributed by atoms with Crippen molar-refractivity contribution in [3.63, 3.8) is 0 Å². The summed E-state index contributed by atoms with van der Waals surface area (Å²) < 4.78 is 38.8. The predicted molar refractivity (Wildman–Crippen MR) is 337 cm³/mol. The van der Waals surface area contributed by atoms with Crippen molar-refractivity contribution in [3.05, 3.63) is 282 Å². The Morgan fingerprint density at radius 1 is 0.422 bits per heavy atom. The van der Waals surface area contributed by atoms with Gasteiger partial charge in [0.1, 0.15) is 52.6 Å². The van der Waals surface area contributed by atoms with E-state index >= 15 is 0 Å². The van der Waals surface area contributed by atoms with E-state index in [-0.39, 0.29) is 42.9 Å². The van der Waals surface area contributed by atoms with Crippen molar-refractivity contribution < 1.29 is 43.7 Å². The highest BCUT2D eigenvalue weighted by Crippen LogP contribution is 2.74. The van der Waals surface area contributed by atoms with Crippen molar-refractivity contribution in [2.45, 2.75) is 77.1 Å². The Balaban J connectivity index is 0.000000112. The van der Waals surface area contributed by atoms with E-state index in [0.717, 1.165) is 37.9 Å². The fraction of sp³-hybridized carbons (Fsp3) is 0.264. The molecule has 3 saturated carbocycles. The lowest BCUT2D eigenvalue weighted by molar-refractivity contribution is -0.208. The Labute approximate surface area is 542 Å². The number of halogens is 4. The molecule has 9 aromatic rings. The second-order valence-electron chi connectivity index (χ2n) is 24.1. The number of benzene rings is 6. The van der Waals surface area contributed by atoms with E-state index in [2.05, 4.69) is 79.4 Å². The lowest BCUT2D eigenvalue weighted by atomic mass is 9.72. The average molecular weight is 1320 g/mol. The Morgan fingerprint density at radius 2 is 0.700 bits per heavy atom. The molecule has 3 saturated heterocycles. The summed E-state index contributed by atoms with van der Waals surface area (Å²) >= 11 is 22.1. The summed E-state index contributed by atoms with van der Waals surface area (Å²) in [4.78, 5) is 13.5. The number of pyridine rings is 3. The fourth-order valence-corrected chi connectivity index (χ4v) is 17.3. The number of aromatic nitrogens is 3. The minimum atomic E-state index is -1.48. The minimum absolute atomic E-state index is 0. The quantitative estimate of drug-likeness (QED) is 0.142. The monoisotopic (exact) mass is 1320 g/mol. The van der Waals surface area contributed by atoms with Crippen molar-refractivity contribution >= 4 is 50.7 Å². The molecule has 0 spiro atoms. The van der Waals surface area contributed by atoms with Gasteiger partial charge in [0, 0.05) is 76.8 Å². The Bertz CT molecular complexity index is 4190. The van der Waals surface area contributed by atoms with Crippen molar-refractivity contribution in [3.8, 4) is 29.4 Å². The SMILES string of the molecule is C.N#Cc1ccc([C@@]23Oc4cc(Cl)cnc4[C@]2(O)[C@@H]2OC[C@@H]2[C@H]3c2ccccc2)cc1.N#Cc1ccc([C@@]23Oc4cc(Cl)cnc4[C@]2(O)[C@@H]2OC[C@@H]2[C@H]3c2ccccc2)cc1.O[C@]12c3ncc(Cl)cc3O[C@@]1(c1ccc(Br)cc1)[C@H](c1ccccc1)[C@H]1CO[C@H]12. The summed E-state index contributed by atoms with van der Waals surface area (Å²) in [5.41, 5.74) is 0.467. The van der Waals surface area contributed by atoms with Gasteiger partial charge in [0.15, 0.2) is 33.6 Å². The van der Waals surface area contributed by atoms with Gasteiger partial charge in [0.2, 0.25) is 0 Å². The first kappa shape index (κ1) is 58.6. The van der Waals surface area contributed by atoms with Crippen molar-refractivity contribution in [1.29, 1.82) is 10.5 Å². The molecule has 0 amide bonds. The molecule has 9 heterocycles. The third-order valence-electron chi connectivity index (χ3n) is 20.1. The maximum absolute atomic E-state index is 12.3. The predicted octanol–water partition coefficient (Wildman–Crippen LogP) is 13.2. The molecule has 90 heavy (non-hydrogen) atoms. The maximum atomic E-state index is 12.3. The van der Waals surface area contributed by atoms with E-state index in [4.69, 9.17) is 63.2 Å².